The van der Waals surface area contributed by atoms with E-state index in [1.807, 2.05) is 4.90 Å². The van der Waals surface area contributed by atoms with Crippen molar-refractivity contribution in [3.63, 3.8) is 0 Å². The first-order chi connectivity index (χ1) is 13.3. The molecule has 0 radical (unpaired) electrons. The van der Waals surface area contributed by atoms with E-state index >= 15 is 0 Å². The van der Waals surface area contributed by atoms with E-state index in [0.29, 0.717) is 56.6 Å². The number of likely N-dealkylation sites (tertiary alicyclic amines) is 2. The Hall–Kier alpha value is -2.19. The Labute approximate surface area is 164 Å². The van der Waals surface area contributed by atoms with E-state index in [-0.39, 0.29) is 30.8 Å². The Balaban J connectivity index is 1.65. The van der Waals surface area contributed by atoms with E-state index in [0.717, 1.165) is 0 Å². The number of piperidine rings is 2. The molecule has 1 aromatic rings. The minimum atomic E-state index is -1.49. The number of carbonyl (C=O) groups is 2. The van der Waals surface area contributed by atoms with Crippen molar-refractivity contribution in [2.75, 3.05) is 33.3 Å². The zero-order valence-electron chi connectivity index (χ0n) is 16.2. The van der Waals surface area contributed by atoms with Crippen LogP contribution in [0.2, 0.25) is 0 Å². The van der Waals surface area contributed by atoms with Crippen molar-refractivity contribution in [1.29, 1.82) is 0 Å². The van der Waals surface area contributed by atoms with Crippen LogP contribution in [0.25, 0.3) is 0 Å². The SMILES string of the molecule is COc1ccc(F)c(CN2CCCC(O)(CN3CCC(C(N)=O)CC3)C2=O)c1. The lowest BCUT2D eigenvalue weighted by atomic mass is 9.89. The molecular formula is C20H28FN3O4. The van der Waals surface area contributed by atoms with Crippen molar-refractivity contribution in [3.05, 3.63) is 29.6 Å². The summed E-state index contributed by atoms with van der Waals surface area (Å²) in [6, 6.07) is 4.42. The molecule has 28 heavy (non-hydrogen) atoms. The van der Waals surface area contributed by atoms with Crippen molar-refractivity contribution in [2.45, 2.75) is 37.8 Å². The van der Waals surface area contributed by atoms with Gasteiger partial charge >= 0.3 is 0 Å². The van der Waals surface area contributed by atoms with Crippen molar-refractivity contribution < 1.29 is 23.8 Å². The number of amides is 2. The summed E-state index contributed by atoms with van der Waals surface area (Å²) in [6.07, 6.45) is 2.29. The summed E-state index contributed by atoms with van der Waals surface area (Å²) in [4.78, 5) is 27.8. The molecule has 154 valence electrons. The van der Waals surface area contributed by atoms with Gasteiger partial charge in [0, 0.05) is 31.1 Å². The van der Waals surface area contributed by atoms with Crippen LogP contribution in [-0.2, 0) is 16.1 Å². The van der Waals surface area contributed by atoms with Gasteiger partial charge in [-0.15, -0.1) is 0 Å². The van der Waals surface area contributed by atoms with Gasteiger partial charge < -0.3 is 20.5 Å². The lowest BCUT2D eigenvalue weighted by Gasteiger charge is -2.42. The first kappa shape index (κ1) is 20.5. The van der Waals surface area contributed by atoms with Gasteiger partial charge in [-0.2, -0.15) is 0 Å². The maximum atomic E-state index is 14.2. The molecule has 0 spiro atoms. The van der Waals surface area contributed by atoms with Gasteiger partial charge in [0.2, 0.25) is 5.91 Å². The van der Waals surface area contributed by atoms with Crippen LogP contribution in [0.4, 0.5) is 4.39 Å². The quantitative estimate of drug-likeness (QED) is 0.748. The summed E-state index contributed by atoms with van der Waals surface area (Å²) < 4.78 is 19.3. The molecule has 8 heteroatoms. The number of halogens is 1. The largest absolute Gasteiger partial charge is 0.497 e. The molecule has 3 rings (SSSR count). The van der Waals surface area contributed by atoms with Crippen LogP contribution in [0.5, 0.6) is 5.75 Å². The average Bonchev–Trinajstić information content (AvgIpc) is 2.67. The Morgan fingerprint density at radius 1 is 1.36 bits per heavy atom. The van der Waals surface area contributed by atoms with E-state index in [9.17, 15) is 19.1 Å². The number of aliphatic hydroxyl groups is 1. The van der Waals surface area contributed by atoms with Crippen molar-refractivity contribution in [1.82, 2.24) is 9.80 Å². The number of hydrogen-bond donors (Lipinski definition) is 2. The van der Waals surface area contributed by atoms with E-state index in [1.165, 1.54) is 24.1 Å². The molecule has 0 aromatic heterocycles. The molecule has 2 heterocycles. The topological polar surface area (TPSA) is 96.1 Å². The maximum absolute atomic E-state index is 14.2. The van der Waals surface area contributed by atoms with Crippen LogP contribution in [0.3, 0.4) is 0 Å². The summed E-state index contributed by atoms with van der Waals surface area (Å²) in [7, 11) is 1.50. The second kappa shape index (κ2) is 8.45. The predicted octanol–water partition coefficient (Wildman–Crippen LogP) is 0.885. The van der Waals surface area contributed by atoms with Gasteiger partial charge in [0.25, 0.3) is 5.91 Å². The molecule has 3 N–H and O–H groups in total. The van der Waals surface area contributed by atoms with E-state index in [2.05, 4.69) is 0 Å². The molecule has 2 amide bonds. The monoisotopic (exact) mass is 393 g/mol. The maximum Gasteiger partial charge on any atom is 0.256 e. The number of carbonyl (C=O) groups excluding carboxylic acids is 2. The number of ether oxygens (including phenoxy) is 1. The highest BCUT2D eigenvalue weighted by Crippen LogP contribution is 2.28. The van der Waals surface area contributed by atoms with Gasteiger partial charge in [0.15, 0.2) is 5.60 Å². The van der Waals surface area contributed by atoms with Crippen molar-refractivity contribution >= 4 is 11.8 Å². The molecule has 2 fully saturated rings. The van der Waals surface area contributed by atoms with Gasteiger partial charge in [0.1, 0.15) is 11.6 Å². The Morgan fingerprint density at radius 2 is 2.07 bits per heavy atom. The fourth-order valence-electron chi connectivity index (χ4n) is 4.11. The molecule has 0 saturated carbocycles. The predicted molar refractivity (Wildman–Crippen MR) is 101 cm³/mol. The number of methoxy groups -OCH3 is 1. The van der Waals surface area contributed by atoms with Crippen molar-refractivity contribution in [3.8, 4) is 5.75 Å². The molecule has 1 unspecified atom stereocenters. The van der Waals surface area contributed by atoms with Crippen LogP contribution in [0, 0.1) is 11.7 Å². The standard InChI is InChI=1S/C20H28FN3O4/c1-28-16-3-4-17(21)15(11-16)12-24-8-2-7-20(27,19(24)26)13-23-9-5-14(6-10-23)18(22)25/h3-4,11,14,27H,2,5-10,12-13H2,1H3,(H2,22,25). The highest BCUT2D eigenvalue weighted by atomic mass is 19.1. The third-order valence-electron chi connectivity index (χ3n) is 5.79. The molecule has 7 nitrogen and oxygen atoms in total. The van der Waals surface area contributed by atoms with Crippen LogP contribution >= 0.6 is 0 Å². The normalized spacial score (nSPS) is 24.4. The Bertz CT molecular complexity index is 736. The lowest BCUT2D eigenvalue weighted by Crippen LogP contribution is -2.59. The Morgan fingerprint density at radius 3 is 2.71 bits per heavy atom. The molecule has 2 saturated heterocycles. The molecule has 2 aliphatic rings. The van der Waals surface area contributed by atoms with Gasteiger partial charge in [-0.25, -0.2) is 4.39 Å². The van der Waals surface area contributed by atoms with Gasteiger partial charge in [-0.1, -0.05) is 0 Å². The number of nitrogens with zero attached hydrogens (tertiary/aromatic N) is 2. The molecule has 1 aromatic carbocycles. The number of rotatable bonds is 6. The molecule has 1 atom stereocenters. The van der Waals surface area contributed by atoms with Gasteiger partial charge in [0.05, 0.1) is 7.11 Å². The molecular weight excluding hydrogens is 365 g/mol. The zero-order chi connectivity index (χ0) is 20.3. The summed E-state index contributed by atoms with van der Waals surface area (Å²) in [5.41, 5.74) is 4.23. The molecule has 0 aliphatic carbocycles. The third kappa shape index (κ3) is 4.44. The van der Waals surface area contributed by atoms with Crippen molar-refractivity contribution in [2.24, 2.45) is 11.7 Å². The first-order valence-corrected chi connectivity index (χ1v) is 9.68. The van der Waals surface area contributed by atoms with Gasteiger partial charge in [-0.3, -0.25) is 14.5 Å². The number of benzene rings is 1. The number of β-amino-alcohol motifs (C(OH)–C–C–N with tert-alkyl or cyclic N) is 1. The number of hydrogen-bond acceptors (Lipinski definition) is 5. The number of primary amides is 1. The average molecular weight is 393 g/mol. The van der Waals surface area contributed by atoms with Crippen LogP contribution < -0.4 is 10.5 Å². The fraction of sp³-hybridized carbons (Fsp3) is 0.600. The minimum Gasteiger partial charge on any atom is -0.497 e. The zero-order valence-corrected chi connectivity index (χ0v) is 16.2. The summed E-state index contributed by atoms with van der Waals surface area (Å²) in [5, 5.41) is 11.0. The smallest absolute Gasteiger partial charge is 0.256 e. The second-order valence-corrected chi connectivity index (χ2v) is 7.77. The summed E-state index contributed by atoms with van der Waals surface area (Å²) in [6.45, 7) is 2.02. The van der Waals surface area contributed by atoms with Crippen LogP contribution in [0.1, 0.15) is 31.2 Å². The third-order valence-corrected chi connectivity index (χ3v) is 5.79. The number of nitrogens with two attached hydrogens (primary N) is 1. The van der Waals surface area contributed by atoms with E-state index < -0.39 is 11.4 Å². The molecule has 0 bridgehead atoms. The fourth-order valence-corrected chi connectivity index (χ4v) is 4.11. The minimum absolute atomic E-state index is 0.0912. The second-order valence-electron chi connectivity index (χ2n) is 7.77. The Kier molecular flexibility index (Phi) is 6.20. The first-order valence-electron chi connectivity index (χ1n) is 9.68. The summed E-state index contributed by atoms with van der Waals surface area (Å²) in [5.74, 6) is -0.693. The summed E-state index contributed by atoms with van der Waals surface area (Å²) >= 11 is 0. The highest BCUT2D eigenvalue weighted by molar-refractivity contribution is 5.86. The van der Waals surface area contributed by atoms with Crippen LogP contribution in [0.15, 0.2) is 18.2 Å². The lowest BCUT2D eigenvalue weighted by molar-refractivity contribution is -0.160. The van der Waals surface area contributed by atoms with E-state index in [1.54, 1.807) is 6.07 Å². The van der Waals surface area contributed by atoms with Gasteiger partial charge in [-0.05, 0) is 57.0 Å². The van der Waals surface area contributed by atoms with Crippen LogP contribution in [-0.4, -0.2) is 65.6 Å². The highest BCUT2D eigenvalue weighted by Gasteiger charge is 2.44. The van der Waals surface area contributed by atoms with E-state index in [4.69, 9.17) is 10.5 Å². The molecule has 2 aliphatic heterocycles.